The molecule has 1 N–H and O–H groups in total. The van der Waals surface area contributed by atoms with Gasteiger partial charge in [0.15, 0.2) is 6.29 Å². The summed E-state index contributed by atoms with van der Waals surface area (Å²) in [7, 11) is 0. The molecule has 0 saturated carbocycles. The molecule has 0 fully saturated rings. The first-order chi connectivity index (χ1) is 7.77. The lowest BCUT2D eigenvalue weighted by molar-refractivity contribution is 0.112. The van der Waals surface area contributed by atoms with E-state index in [2.05, 4.69) is 27.6 Å². The summed E-state index contributed by atoms with van der Waals surface area (Å²) >= 11 is 8.44. The normalized spacial score (nSPS) is 10.9. The number of aldehydes is 1. The van der Waals surface area contributed by atoms with Crippen LogP contribution in [0.5, 0.6) is 0 Å². The van der Waals surface area contributed by atoms with Gasteiger partial charge < -0.3 is 4.98 Å². The molecule has 2 nitrogen and oxygen atoms in total. The zero-order chi connectivity index (χ0) is 11.5. The summed E-state index contributed by atoms with van der Waals surface area (Å²) in [5.74, 6) is 0. The molecule has 0 unspecified atom stereocenters. The molecule has 0 atom stereocenters. The fourth-order valence-corrected chi connectivity index (χ4v) is 2.51. The van der Waals surface area contributed by atoms with Crippen LogP contribution in [-0.2, 0) is 6.42 Å². The highest BCUT2D eigenvalue weighted by molar-refractivity contribution is 14.1. The van der Waals surface area contributed by atoms with E-state index in [4.69, 9.17) is 11.6 Å². The maximum Gasteiger partial charge on any atom is 0.152 e. The molecule has 16 heavy (non-hydrogen) atoms. The Labute approximate surface area is 113 Å². The van der Waals surface area contributed by atoms with Gasteiger partial charge in [-0.1, -0.05) is 40.3 Å². The maximum absolute atomic E-state index is 11.1. The molecule has 0 aliphatic rings. The van der Waals surface area contributed by atoms with Crippen LogP contribution in [0.4, 0.5) is 0 Å². The van der Waals surface area contributed by atoms with Crippen LogP contribution in [-0.4, -0.2) is 15.7 Å². The zero-order valence-electron chi connectivity index (χ0n) is 8.59. The molecule has 0 spiro atoms. The quantitative estimate of drug-likeness (QED) is 0.506. The third-order valence-corrected chi connectivity index (χ3v) is 3.65. The van der Waals surface area contributed by atoms with Crippen molar-refractivity contribution in [3.05, 3.63) is 34.5 Å². The van der Waals surface area contributed by atoms with Crippen LogP contribution in [0.25, 0.3) is 10.9 Å². The highest BCUT2D eigenvalue weighted by Gasteiger charge is 2.12. The number of alkyl halides is 1. The SMILES string of the molecule is O=Cc1c(CCCI)[nH]c2cccc(Cl)c12. The summed E-state index contributed by atoms with van der Waals surface area (Å²) in [6.07, 6.45) is 2.85. The van der Waals surface area contributed by atoms with Crippen molar-refractivity contribution in [1.82, 2.24) is 4.98 Å². The van der Waals surface area contributed by atoms with E-state index in [-0.39, 0.29) is 0 Å². The highest BCUT2D eigenvalue weighted by Crippen LogP contribution is 2.28. The molecule has 0 bridgehead atoms. The van der Waals surface area contributed by atoms with E-state index in [9.17, 15) is 4.79 Å². The van der Waals surface area contributed by atoms with Gasteiger partial charge in [0, 0.05) is 22.2 Å². The Kier molecular flexibility index (Phi) is 3.86. The second-order valence-electron chi connectivity index (χ2n) is 3.59. The summed E-state index contributed by atoms with van der Waals surface area (Å²) < 4.78 is 1.08. The van der Waals surface area contributed by atoms with Crippen molar-refractivity contribution in [1.29, 1.82) is 0 Å². The van der Waals surface area contributed by atoms with Crippen molar-refractivity contribution in [3.8, 4) is 0 Å². The molecular weight excluding hydrogens is 336 g/mol. The van der Waals surface area contributed by atoms with E-state index in [1.807, 2.05) is 18.2 Å². The average molecular weight is 348 g/mol. The number of hydrogen-bond donors (Lipinski definition) is 1. The summed E-state index contributed by atoms with van der Waals surface area (Å²) in [5.41, 5.74) is 2.65. The summed E-state index contributed by atoms with van der Waals surface area (Å²) in [6, 6.07) is 5.65. The Morgan fingerprint density at radius 1 is 1.44 bits per heavy atom. The predicted molar refractivity (Wildman–Crippen MR) is 75.9 cm³/mol. The van der Waals surface area contributed by atoms with E-state index < -0.39 is 0 Å². The zero-order valence-corrected chi connectivity index (χ0v) is 11.5. The largest absolute Gasteiger partial charge is 0.358 e. The Balaban J connectivity index is 2.58. The van der Waals surface area contributed by atoms with E-state index >= 15 is 0 Å². The van der Waals surface area contributed by atoms with Crippen molar-refractivity contribution in [2.75, 3.05) is 4.43 Å². The van der Waals surface area contributed by atoms with Gasteiger partial charge in [-0.05, 0) is 29.4 Å². The standard InChI is InChI=1S/C12H11ClINO/c13-9-3-1-4-11-12(9)8(7-16)10(15-11)5-2-6-14/h1,3-4,7,15H,2,5-6H2. The van der Waals surface area contributed by atoms with E-state index in [1.54, 1.807) is 0 Å². The van der Waals surface area contributed by atoms with Crippen molar-refractivity contribution < 1.29 is 4.79 Å². The Morgan fingerprint density at radius 2 is 2.25 bits per heavy atom. The van der Waals surface area contributed by atoms with Crippen molar-refractivity contribution in [2.24, 2.45) is 0 Å². The molecule has 84 valence electrons. The number of rotatable bonds is 4. The van der Waals surface area contributed by atoms with Crippen LogP contribution in [0, 0.1) is 0 Å². The number of aromatic amines is 1. The Morgan fingerprint density at radius 3 is 2.94 bits per heavy atom. The molecule has 0 saturated heterocycles. The molecule has 0 aliphatic heterocycles. The van der Waals surface area contributed by atoms with E-state index in [1.165, 1.54) is 0 Å². The van der Waals surface area contributed by atoms with Crippen molar-refractivity contribution in [3.63, 3.8) is 0 Å². The smallest absolute Gasteiger partial charge is 0.152 e. The summed E-state index contributed by atoms with van der Waals surface area (Å²) in [4.78, 5) is 14.4. The number of H-pyrrole nitrogens is 1. The molecular formula is C12H11ClINO. The third-order valence-electron chi connectivity index (χ3n) is 2.57. The van der Waals surface area contributed by atoms with Gasteiger partial charge in [0.25, 0.3) is 0 Å². The fraction of sp³-hybridized carbons (Fsp3) is 0.250. The topological polar surface area (TPSA) is 32.9 Å². The first-order valence-corrected chi connectivity index (χ1v) is 6.98. The number of benzene rings is 1. The Hall–Kier alpha value is -0.550. The molecule has 2 aromatic rings. The van der Waals surface area contributed by atoms with Gasteiger partial charge in [-0.2, -0.15) is 0 Å². The molecule has 2 rings (SSSR count). The van der Waals surface area contributed by atoms with Crippen LogP contribution >= 0.6 is 34.2 Å². The lowest BCUT2D eigenvalue weighted by Crippen LogP contribution is -1.91. The molecule has 0 amide bonds. The number of aryl methyl sites for hydroxylation is 1. The average Bonchev–Trinajstić information content (AvgIpc) is 2.65. The fourth-order valence-electron chi connectivity index (χ4n) is 1.85. The van der Waals surface area contributed by atoms with Crippen LogP contribution in [0.1, 0.15) is 22.5 Å². The second-order valence-corrected chi connectivity index (χ2v) is 5.08. The number of halogens is 2. The predicted octanol–water partition coefficient (Wildman–Crippen LogP) is 4.00. The van der Waals surface area contributed by atoms with Crippen LogP contribution in [0.15, 0.2) is 18.2 Å². The van der Waals surface area contributed by atoms with Gasteiger partial charge >= 0.3 is 0 Å². The van der Waals surface area contributed by atoms with Gasteiger partial charge in [0.1, 0.15) is 0 Å². The van der Waals surface area contributed by atoms with Crippen LogP contribution < -0.4 is 0 Å². The van der Waals surface area contributed by atoms with Crippen LogP contribution in [0.3, 0.4) is 0 Å². The van der Waals surface area contributed by atoms with Gasteiger partial charge in [0.2, 0.25) is 0 Å². The number of fused-ring (bicyclic) bond motifs is 1. The third kappa shape index (κ3) is 2.11. The molecule has 0 aliphatic carbocycles. The molecule has 4 heteroatoms. The monoisotopic (exact) mass is 347 g/mol. The van der Waals surface area contributed by atoms with E-state index in [0.29, 0.717) is 10.6 Å². The Bertz CT molecular complexity index is 521. The number of carbonyl (C=O) groups is 1. The van der Waals surface area contributed by atoms with Gasteiger partial charge in [-0.3, -0.25) is 4.79 Å². The molecule has 0 radical (unpaired) electrons. The lowest BCUT2D eigenvalue weighted by Gasteiger charge is -1.96. The number of aromatic nitrogens is 1. The van der Waals surface area contributed by atoms with Crippen LogP contribution in [0.2, 0.25) is 5.02 Å². The minimum absolute atomic E-state index is 0.636. The molecule has 1 aromatic heterocycles. The molecule has 1 heterocycles. The molecule has 1 aromatic carbocycles. The summed E-state index contributed by atoms with van der Waals surface area (Å²) in [5, 5.41) is 1.49. The van der Waals surface area contributed by atoms with E-state index in [0.717, 1.165) is 40.2 Å². The van der Waals surface area contributed by atoms with Gasteiger partial charge in [-0.25, -0.2) is 0 Å². The first kappa shape index (κ1) is 11.9. The van der Waals surface area contributed by atoms with Gasteiger partial charge in [-0.15, -0.1) is 0 Å². The summed E-state index contributed by atoms with van der Waals surface area (Å²) in [6.45, 7) is 0. The minimum Gasteiger partial charge on any atom is -0.358 e. The first-order valence-electron chi connectivity index (χ1n) is 5.08. The maximum atomic E-state index is 11.1. The lowest BCUT2D eigenvalue weighted by atomic mass is 10.1. The number of carbonyl (C=O) groups excluding carboxylic acids is 1. The highest BCUT2D eigenvalue weighted by atomic mass is 127. The van der Waals surface area contributed by atoms with Crippen molar-refractivity contribution >= 4 is 51.4 Å². The second kappa shape index (κ2) is 5.19. The van der Waals surface area contributed by atoms with Gasteiger partial charge in [0.05, 0.1) is 5.02 Å². The minimum atomic E-state index is 0.636. The number of nitrogens with one attached hydrogen (secondary N) is 1. The van der Waals surface area contributed by atoms with Crippen molar-refractivity contribution in [2.45, 2.75) is 12.8 Å². The number of hydrogen-bond acceptors (Lipinski definition) is 1.